The number of likely N-dealkylation sites (tertiary alicyclic amines) is 1. The number of halogens is 2. The van der Waals surface area contributed by atoms with Gasteiger partial charge in [-0.2, -0.15) is 5.10 Å². The third-order valence-electron chi connectivity index (χ3n) is 8.83. The predicted octanol–water partition coefficient (Wildman–Crippen LogP) is 3.70. The minimum Gasteiger partial charge on any atom is -0.487 e. The van der Waals surface area contributed by atoms with Crippen LogP contribution in [0.15, 0.2) is 35.4 Å². The van der Waals surface area contributed by atoms with Crippen molar-refractivity contribution in [2.45, 2.75) is 65.3 Å². The van der Waals surface area contributed by atoms with Crippen LogP contribution >= 0.6 is 0 Å². The first-order valence-electron chi connectivity index (χ1n) is 15.6. The molecule has 3 aromatic rings. The number of benzene rings is 1. The van der Waals surface area contributed by atoms with Crippen LogP contribution in [0.5, 0.6) is 5.75 Å². The minimum absolute atomic E-state index is 0.0116. The highest BCUT2D eigenvalue weighted by atomic mass is 19.1. The summed E-state index contributed by atoms with van der Waals surface area (Å²) in [6, 6.07) is 3.27. The number of hydrogen-bond donors (Lipinski definition) is 1. The highest BCUT2D eigenvalue weighted by Crippen LogP contribution is 2.40. The average molecular weight is 643 g/mol. The van der Waals surface area contributed by atoms with Gasteiger partial charge in [-0.25, -0.2) is 18.3 Å². The molecule has 248 valence electrons. The van der Waals surface area contributed by atoms with Gasteiger partial charge in [0, 0.05) is 62.9 Å². The van der Waals surface area contributed by atoms with Crippen LogP contribution in [0.1, 0.15) is 68.2 Å². The molecular formula is C32H40F2N6O6. The van der Waals surface area contributed by atoms with Crippen LogP contribution in [0, 0.1) is 11.6 Å². The maximum Gasteiger partial charge on any atom is 0.409 e. The molecule has 0 atom stereocenters. The standard InChI is InChI=1S/C32H40F2N6O6/c1-5-8-15-46-29-27-30(43)39(6-2)32(11-13-37(14-12-32)31(44)45-7-3)36(4)40(27)25(20-41)26(28(29)42)22-17-35-38(19-22)18-21-9-10-23(33)16-24(21)34/h9-10,16-17,19,41H,5-8,11-15,18,20H2,1-4H3. The van der Waals surface area contributed by atoms with Crippen molar-refractivity contribution < 1.29 is 33.0 Å². The molecule has 14 heteroatoms. The zero-order chi connectivity index (χ0) is 33.2. The Morgan fingerprint density at radius 2 is 1.87 bits per heavy atom. The molecule has 1 N–H and O–H groups in total. The van der Waals surface area contributed by atoms with Crippen molar-refractivity contribution in [3.63, 3.8) is 0 Å². The number of amides is 2. The second kappa shape index (κ2) is 13.5. The van der Waals surface area contributed by atoms with E-state index < -0.39 is 41.3 Å². The Balaban J connectivity index is 1.64. The molecule has 0 saturated carbocycles. The summed E-state index contributed by atoms with van der Waals surface area (Å²) in [5, 5.41) is 17.0. The minimum atomic E-state index is -0.886. The molecule has 1 saturated heterocycles. The van der Waals surface area contributed by atoms with Gasteiger partial charge in [0.15, 0.2) is 11.4 Å². The average Bonchev–Trinajstić information content (AvgIpc) is 3.50. The van der Waals surface area contributed by atoms with Crippen molar-refractivity contribution in [1.82, 2.24) is 24.3 Å². The number of unbranched alkanes of at least 4 members (excludes halogenated alkanes) is 1. The third kappa shape index (κ3) is 5.70. The Hall–Kier alpha value is -4.46. The summed E-state index contributed by atoms with van der Waals surface area (Å²) in [7, 11) is 1.79. The van der Waals surface area contributed by atoms with Gasteiger partial charge in [0.25, 0.3) is 5.91 Å². The molecule has 1 aromatic carbocycles. The highest BCUT2D eigenvalue weighted by Gasteiger charge is 2.52. The first-order valence-corrected chi connectivity index (χ1v) is 15.6. The Morgan fingerprint density at radius 1 is 1.13 bits per heavy atom. The van der Waals surface area contributed by atoms with Crippen molar-refractivity contribution in [3.05, 3.63) is 69.4 Å². The number of ether oxygens (including phenoxy) is 2. The van der Waals surface area contributed by atoms with Crippen molar-refractivity contribution in [2.75, 3.05) is 44.9 Å². The van der Waals surface area contributed by atoms with Gasteiger partial charge in [0.2, 0.25) is 5.43 Å². The number of piperidine rings is 1. The molecule has 12 nitrogen and oxygen atoms in total. The van der Waals surface area contributed by atoms with E-state index >= 15 is 0 Å². The zero-order valence-corrected chi connectivity index (χ0v) is 26.6. The summed E-state index contributed by atoms with van der Waals surface area (Å²) in [6.45, 7) is 6.39. The van der Waals surface area contributed by atoms with Gasteiger partial charge >= 0.3 is 6.09 Å². The first-order chi connectivity index (χ1) is 22.1. The van der Waals surface area contributed by atoms with Crippen molar-refractivity contribution in [2.24, 2.45) is 0 Å². The zero-order valence-electron chi connectivity index (χ0n) is 26.6. The van der Waals surface area contributed by atoms with E-state index in [1.54, 1.807) is 28.4 Å². The second-order valence-electron chi connectivity index (χ2n) is 11.4. The molecule has 2 aliphatic rings. The van der Waals surface area contributed by atoms with Crippen molar-refractivity contribution in [1.29, 1.82) is 0 Å². The lowest BCUT2D eigenvalue weighted by atomic mass is 9.91. The van der Waals surface area contributed by atoms with E-state index in [0.717, 1.165) is 18.6 Å². The fourth-order valence-corrected chi connectivity index (χ4v) is 6.48. The van der Waals surface area contributed by atoms with E-state index in [2.05, 4.69) is 5.10 Å². The highest BCUT2D eigenvalue weighted by molar-refractivity contribution is 5.98. The largest absolute Gasteiger partial charge is 0.487 e. The predicted molar refractivity (Wildman–Crippen MR) is 165 cm³/mol. The Labute approximate surface area is 265 Å². The van der Waals surface area contributed by atoms with Crippen LogP contribution in [0.3, 0.4) is 0 Å². The van der Waals surface area contributed by atoms with Crippen LogP contribution in [0.25, 0.3) is 11.1 Å². The maximum absolute atomic E-state index is 14.4. The van der Waals surface area contributed by atoms with E-state index in [1.807, 2.05) is 18.9 Å². The fourth-order valence-electron chi connectivity index (χ4n) is 6.48. The van der Waals surface area contributed by atoms with E-state index in [0.29, 0.717) is 44.5 Å². The number of hydrogen-bond acceptors (Lipinski definition) is 8. The molecule has 4 heterocycles. The van der Waals surface area contributed by atoms with Crippen LogP contribution < -0.4 is 15.2 Å². The van der Waals surface area contributed by atoms with Gasteiger partial charge in [-0.05, 0) is 26.3 Å². The lowest BCUT2D eigenvalue weighted by Gasteiger charge is -2.57. The number of aliphatic hydroxyl groups excluding tert-OH is 1. The third-order valence-corrected chi connectivity index (χ3v) is 8.83. The smallest absolute Gasteiger partial charge is 0.409 e. The molecule has 2 aromatic heterocycles. The van der Waals surface area contributed by atoms with Crippen molar-refractivity contribution in [3.8, 4) is 16.9 Å². The normalized spacial score (nSPS) is 15.8. The number of aromatic nitrogens is 3. The topological polar surface area (TPSA) is 122 Å². The Morgan fingerprint density at radius 3 is 2.50 bits per heavy atom. The first kappa shape index (κ1) is 32.9. The fraction of sp³-hybridized carbons (Fsp3) is 0.500. The van der Waals surface area contributed by atoms with Crippen LogP contribution in [-0.2, 0) is 17.9 Å². The number of pyridine rings is 1. The summed E-state index contributed by atoms with van der Waals surface area (Å²) < 4.78 is 42.1. The van der Waals surface area contributed by atoms with Gasteiger partial charge in [-0.3, -0.25) is 19.3 Å². The SMILES string of the molecule is CCCCOc1c2n(c(CO)c(-c3cnn(Cc4ccc(F)cc4F)c3)c1=O)N(C)C1(CCN(C(=O)OCC)CC1)N(CC)C2=O. The number of aliphatic hydroxyl groups is 1. The molecule has 0 aliphatic carbocycles. The number of rotatable bonds is 10. The molecule has 0 unspecified atom stereocenters. The molecule has 0 bridgehead atoms. The second-order valence-corrected chi connectivity index (χ2v) is 11.4. The molecule has 1 fully saturated rings. The van der Waals surface area contributed by atoms with E-state index in [-0.39, 0.29) is 48.0 Å². The molecule has 2 aliphatic heterocycles. The number of carbonyl (C=O) groups is 2. The molecule has 2 amide bonds. The molecule has 46 heavy (non-hydrogen) atoms. The van der Waals surface area contributed by atoms with E-state index in [4.69, 9.17) is 9.47 Å². The van der Waals surface area contributed by atoms with Crippen LogP contribution in [0.4, 0.5) is 13.6 Å². The van der Waals surface area contributed by atoms with Crippen LogP contribution in [-0.4, -0.2) is 86.9 Å². The van der Waals surface area contributed by atoms with Gasteiger partial charge < -0.3 is 24.4 Å². The van der Waals surface area contributed by atoms with Gasteiger partial charge in [0.1, 0.15) is 17.3 Å². The quantitative estimate of drug-likeness (QED) is 0.333. The summed E-state index contributed by atoms with van der Waals surface area (Å²) in [5.74, 6) is -1.98. The summed E-state index contributed by atoms with van der Waals surface area (Å²) >= 11 is 0. The maximum atomic E-state index is 14.4. The van der Waals surface area contributed by atoms with Crippen LogP contribution in [0.2, 0.25) is 0 Å². The summed E-state index contributed by atoms with van der Waals surface area (Å²) in [4.78, 5) is 44.4. The summed E-state index contributed by atoms with van der Waals surface area (Å²) in [5.41, 5.74) is -0.672. The van der Waals surface area contributed by atoms with Gasteiger partial charge in [0.05, 0.1) is 43.8 Å². The summed E-state index contributed by atoms with van der Waals surface area (Å²) in [6.07, 6.45) is 4.77. The number of nitrogens with zero attached hydrogens (tertiary/aromatic N) is 6. The molecule has 5 rings (SSSR count). The van der Waals surface area contributed by atoms with E-state index in [1.165, 1.54) is 23.1 Å². The molecule has 0 radical (unpaired) electrons. The Bertz CT molecular complexity index is 1670. The molecular weight excluding hydrogens is 602 g/mol. The monoisotopic (exact) mass is 642 g/mol. The van der Waals surface area contributed by atoms with E-state index in [9.17, 15) is 28.3 Å². The lowest BCUT2D eigenvalue weighted by Crippen LogP contribution is -2.72. The van der Waals surface area contributed by atoms with Gasteiger partial charge in [-0.1, -0.05) is 19.4 Å². The van der Waals surface area contributed by atoms with Crippen molar-refractivity contribution >= 4 is 12.0 Å². The lowest BCUT2D eigenvalue weighted by molar-refractivity contribution is -0.00187. The van der Waals surface area contributed by atoms with Gasteiger partial charge in [-0.15, -0.1) is 0 Å². The molecule has 1 spiro atoms. The number of carbonyl (C=O) groups excluding carboxylic acids is 2. The Kier molecular flexibility index (Phi) is 9.66. The number of fused-ring (bicyclic) bond motifs is 1.